The van der Waals surface area contributed by atoms with Crippen molar-refractivity contribution >= 4 is 17.8 Å². The first-order valence-corrected chi connectivity index (χ1v) is 5.45. The van der Waals surface area contributed by atoms with Crippen molar-refractivity contribution in [1.82, 2.24) is 4.90 Å². The highest BCUT2D eigenvalue weighted by Crippen LogP contribution is 2.14. The molecule has 0 aromatic carbocycles. The maximum absolute atomic E-state index is 12.1. The fourth-order valence-corrected chi connectivity index (χ4v) is 1.62. The highest BCUT2D eigenvalue weighted by atomic mass is 16.5. The molecule has 0 aliphatic carbocycles. The van der Waals surface area contributed by atoms with Gasteiger partial charge in [-0.15, -0.1) is 0 Å². The van der Waals surface area contributed by atoms with Gasteiger partial charge < -0.3 is 20.5 Å². The Bertz CT molecular complexity index is 416. The summed E-state index contributed by atoms with van der Waals surface area (Å²) in [6, 6.07) is -0.845. The Hall–Kier alpha value is -1.89. The summed E-state index contributed by atoms with van der Waals surface area (Å²) < 4.78 is 5.08. The molecule has 1 saturated heterocycles. The van der Waals surface area contributed by atoms with Crippen molar-refractivity contribution in [1.29, 1.82) is 0 Å². The molecule has 18 heavy (non-hydrogen) atoms. The number of ether oxygens (including phenoxy) is 1. The van der Waals surface area contributed by atoms with Crippen LogP contribution in [0.2, 0.25) is 0 Å². The third-order valence-electron chi connectivity index (χ3n) is 2.92. The van der Waals surface area contributed by atoms with Crippen molar-refractivity contribution < 1.29 is 24.2 Å². The van der Waals surface area contributed by atoms with Crippen molar-refractivity contribution in [3.63, 3.8) is 0 Å². The molecule has 0 spiro atoms. The lowest BCUT2D eigenvalue weighted by Crippen LogP contribution is -2.55. The van der Waals surface area contributed by atoms with E-state index in [9.17, 15) is 14.4 Å². The van der Waals surface area contributed by atoms with Crippen molar-refractivity contribution in [2.24, 2.45) is 5.73 Å². The summed E-state index contributed by atoms with van der Waals surface area (Å²) in [6.07, 6.45) is 0. The molecule has 0 aromatic heterocycles. The summed E-state index contributed by atoms with van der Waals surface area (Å²) in [6.45, 7) is 3.32. The molecule has 7 nitrogen and oxygen atoms in total. The molecule has 1 rings (SSSR count). The first-order valence-electron chi connectivity index (χ1n) is 5.45. The van der Waals surface area contributed by atoms with Gasteiger partial charge in [-0.05, 0) is 13.8 Å². The molecule has 1 atom stereocenters. The Morgan fingerprint density at radius 1 is 1.28 bits per heavy atom. The van der Waals surface area contributed by atoms with Crippen LogP contribution in [0.3, 0.4) is 0 Å². The molecule has 1 fully saturated rings. The van der Waals surface area contributed by atoms with E-state index in [1.165, 1.54) is 18.7 Å². The van der Waals surface area contributed by atoms with E-state index in [2.05, 4.69) is 0 Å². The van der Waals surface area contributed by atoms with Crippen LogP contribution >= 0.6 is 0 Å². The molecule has 1 heterocycles. The van der Waals surface area contributed by atoms with E-state index in [-0.39, 0.29) is 24.3 Å². The molecule has 1 unspecified atom stereocenters. The van der Waals surface area contributed by atoms with Gasteiger partial charge in [-0.3, -0.25) is 9.59 Å². The van der Waals surface area contributed by atoms with Crippen LogP contribution in [0, 0.1) is 0 Å². The zero-order valence-electron chi connectivity index (χ0n) is 10.3. The Labute approximate surface area is 104 Å². The number of carboxylic acid groups (broad SMARTS) is 1. The van der Waals surface area contributed by atoms with E-state index in [0.29, 0.717) is 6.61 Å². The third kappa shape index (κ3) is 2.86. The van der Waals surface area contributed by atoms with Crippen molar-refractivity contribution in [3.8, 4) is 0 Å². The number of carboxylic acids is 1. The SMILES string of the molecule is CC(C(=O)O)=C(C)C(=O)N1CCOCC1C(N)=O. The van der Waals surface area contributed by atoms with Crippen LogP contribution in [0.25, 0.3) is 0 Å². The molecule has 0 radical (unpaired) electrons. The zero-order chi connectivity index (χ0) is 13.9. The number of rotatable bonds is 3. The van der Waals surface area contributed by atoms with Crippen molar-refractivity contribution in [2.75, 3.05) is 19.8 Å². The quantitative estimate of drug-likeness (QED) is 0.637. The van der Waals surface area contributed by atoms with Gasteiger partial charge in [0.05, 0.1) is 13.2 Å². The fraction of sp³-hybridized carbons (Fsp3) is 0.545. The van der Waals surface area contributed by atoms with Crippen LogP contribution in [0.15, 0.2) is 11.1 Å². The van der Waals surface area contributed by atoms with Crippen LogP contribution in [0.1, 0.15) is 13.8 Å². The highest BCUT2D eigenvalue weighted by molar-refractivity contribution is 6.02. The van der Waals surface area contributed by atoms with Gasteiger partial charge in [0.1, 0.15) is 6.04 Å². The summed E-state index contributed by atoms with van der Waals surface area (Å²) >= 11 is 0. The van der Waals surface area contributed by atoms with Gasteiger partial charge in [0.2, 0.25) is 5.91 Å². The van der Waals surface area contributed by atoms with E-state index < -0.39 is 23.8 Å². The van der Waals surface area contributed by atoms with Gasteiger partial charge in [0, 0.05) is 17.7 Å². The van der Waals surface area contributed by atoms with Crippen LogP contribution in [0.4, 0.5) is 0 Å². The molecular formula is C11H16N2O5. The fourth-order valence-electron chi connectivity index (χ4n) is 1.62. The number of carbonyl (C=O) groups is 3. The number of morpholine rings is 1. The van der Waals surface area contributed by atoms with Gasteiger partial charge in [0.15, 0.2) is 0 Å². The number of nitrogens with two attached hydrogens (primary N) is 1. The number of carbonyl (C=O) groups excluding carboxylic acids is 2. The average molecular weight is 256 g/mol. The van der Waals surface area contributed by atoms with Crippen molar-refractivity contribution in [3.05, 3.63) is 11.1 Å². The van der Waals surface area contributed by atoms with Crippen LogP contribution < -0.4 is 5.73 Å². The van der Waals surface area contributed by atoms with Crippen molar-refractivity contribution in [2.45, 2.75) is 19.9 Å². The Morgan fingerprint density at radius 2 is 1.89 bits per heavy atom. The summed E-state index contributed by atoms with van der Waals surface area (Å²) in [4.78, 5) is 35.4. The molecule has 1 aliphatic rings. The first-order chi connectivity index (χ1) is 8.36. The second-order valence-corrected chi connectivity index (χ2v) is 4.05. The molecule has 100 valence electrons. The first kappa shape index (κ1) is 14.2. The minimum atomic E-state index is -1.16. The van der Waals surface area contributed by atoms with Gasteiger partial charge >= 0.3 is 5.97 Å². The van der Waals surface area contributed by atoms with Crippen LogP contribution in [0.5, 0.6) is 0 Å². The van der Waals surface area contributed by atoms with E-state index in [1.807, 2.05) is 0 Å². The average Bonchev–Trinajstić information content (AvgIpc) is 2.35. The topological polar surface area (TPSA) is 110 Å². The van der Waals surface area contributed by atoms with Gasteiger partial charge in [-0.25, -0.2) is 4.79 Å². The molecule has 0 aromatic rings. The number of nitrogens with zero attached hydrogens (tertiary/aromatic N) is 1. The number of primary amides is 1. The molecule has 0 saturated carbocycles. The Balaban J connectivity index is 2.97. The largest absolute Gasteiger partial charge is 0.478 e. The standard InChI is InChI=1S/C11H16N2O5/c1-6(7(2)11(16)17)10(15)13-3-4-18-5-8(13)9(12)14/h8H,3-5H2,1-2H3,(H2,12,14)(H,16,17). The predicted molar refractivity (Wildman–Crippen MR) is 61.5 cm³/mol. The molecule has 3 N–H and O–H groups in total. The van der Waals surface area contributed by atoms with Crippen LogP contribution in [-0.2, 0) is 19.1 Å². The summed E-state index contributed by atoms with van der Waals surface area (Å²) in [5.74, 6) is -2.32. The summed E-state index contributed by atoms with van der Waals surface area (Å²) in [5.41, 5.74) is 5.23. The van der Waals surface area contributed by atoms with E-state index in [4.69, 9.17) is 15.6 Å². The number of aliphatic carboxylic acids is 1. The highest BCUT2D eigenvalue weighted by Gasteiger charge is 2.32. The number of hydrogen-bond donors (Lipinski definition) is 2. The molecule has 2 amide bonds. The summed E-state index contributed by atoms with van der Waals surface area (Å²) in [5, 5.41) is 8.83. The Morgan fingerprint density at radius 3 is 2.39 bits per heavy atom. The van der Waals surface area contributed by atoms with E-state index >= 15 is 0 Å². The zero-order valence-corrected chi connectivity index (χ0v) is 10.3. The summed E-state index contributed by atoms with van der Waals surface area (Å²) in [7, 11) is 0. The maximum Gasteiger partial charge on any atom is 0.331 e. The monoisotopic (exact) mass is 256 g/mol. The van der Waals surface area contributed by atoms with E-state index in [1.54, 1.807) is 0 Å². The Kier molecular flexibility index (Phi) is 4.43. The molecule has 7 heteroatoms. The predicted octanol–water partition coefficient (Wildman–Crippen LogP) is -0.880. The van der Waals surface area contributed by atoms with Gasteiger partial charge in [-0.2, -0.15) is 0 Å². The second-order valence-electron chi connectivity index (χ2n) is 4.05. The van der Waals surface area contributed by atoms with Gasteiger partial charge in [0.25, 0.3) is 5.91 Å². The minimum Gasteiger partial charge on any atom is -0.478 e. The van der Waals surface area contributed by atoms with E-state index in [0.717, 1.165) is 0 Å². The molecule has 1 aliphatic heterocycles. The lowest BCUT2D eigenvalue weighted by Gasteiger charge is -2.33. The molecule has 0 bridgehead atoms. The lowest BCUT2D eigenvalue weighted by molar-refractivity contribution is -0.144. The number of amides is 2. The third-order valence-corrected chi connectivity index (χ3v) is 2.92. The van der Waals surface area contributed by atoms with Gasteiger partial charge in [-0.1, -0.05) is 0 Å². The second kappa shape index (κ2) is 5.63. The normalized spacial score (nSPS) is 21.2. The lowest BCUT2D eigenvalue weighted by atomic mass is 10.1. The number of hydrogen-bond acceptors (Lipinski definition) is 4. The maximum atomic E-state index is 12.1. The minimum absolute atomic E-state index is 0.0421. The van der Waals surface area contributed by atoms with Crippen LogP contribution in [-0.4, -0.2) is 53.6 Å². The smallest absolute Gasteiger partial charge is 0.331 e. The molecular weight excluding hydrogens is 240 g/mol.